The molecule has 24 heavy (non-hydrogen) atoms. The van der Waals surface area contributed by atoms with Gasteiger partial charge in [-0.05, 0) is 49.4 Å². The van der Waals surface area contributed by atoms with E-state index in [9.17, 15) is 9.59 Å². The number of benzene rings is 2. The van der Waals surface area contributed by atoms with E-state index in [1.165, 1.54) is 12.5 Å². The zero-order chi connectivity index (χ0) is 17.7. The molecule has 0 saturated carbocycles. The summed E-state index contributed by atoms with van der Waals surface area (Å²) in [6.45, 7) is 7.79. The van der Waals surface area contributed by atoms with E-state index in [0.717, 1.165) is 12.0 Å². The Morgan fingerprint density at radius 1 is 1.00 bits per heavy atom. The van der Waals surface area contributed by atoms with Gasteiger partial charge in [0.1, 0.15) is 0 Å². The van der Waals surface area contributed by atoms with Crippen molar-refractivity contribution in [3.8, 4) is 0 Å². The number of hydrogen-bond acceptors (Lipinski definition) is 2. The number of anilines is 1. The van der Waals surface area contributed by atoms with Gasteiger partial charge >= 0.3 is 0 Å². The van der Waals surface area contributed by atoms with Crippen LogP contribution in [-0.4, -0.2) is 11.7 Å². The van der Waals surface area contributed by atoms with E-state index >= 15 is 0 Å². The molecule has 3 heteroatoms. The Hall–Kier alpha value is -2.42. The number of hydrogen-bond donors (Lipinski definition) is 1. The summed E-state index contributed by atoms with van der Waals surface area (Å²) in [5.41, 5.74) is 3.52. The lowest BCUT2D eigenvalue weighted by Crippen LogP contribution is -2.19. The first-order chi connectivity index (χ1) is 11.4. The number of rotatable bonds is 6. The molecular formula is C21H25NO2. The van der Waals surface area contributed by atoms with Gasteiger partial charge in [0.15, 0.2) is 5.78 Å². The summed E-state index contributed by atoms with van der Waals surface area (Å²) >= 11 is 0. The third-order valence-corrected chi connectivity index (χ3v) is 4.05. The molecule has 0 aliphatic carbocycles. The highest BCUT2D eigenvalue weighted by Crippen LogP contribution is 2.20. The number of amides is 1. The Morgan fingerprint density at radius 3 is 2.25 bits per heavy atom. The van der Waals surface area contributed by atoms with Gasteiger partial charge in [0, 0.05) is 11.3 Å². The Kier molecular flexibility index (Phi) is 5.91. The minimum absolute atomic E-state index is 0.0140. The van der Waals surface area contributed by atoms with Crippen LogP contribution < -0.4 is 5.32 Å². The Labute approximate surface area is 144 Å². The van der Waals surface area contributed by atoms with Crippen LogP contribution in [0.15, 0.2) is 48.5 Å². The molecule has 0 spiro atoms. The minimum Gasteiger partial charge on any atom is -0.326 e. The minimum atomic E-state index is -0.251. The topological polar surface area (TPSA) is 46.2 Å². The van der Waals surface area contributed by atoms with Crippen LogP contribution in [-0.2, 0) is 11.2 Å². The standard InChI is InChI=1S/C21H25NO2/c1-14(2)12-17-8-10-18(11-9-17)15(3)21(24)22-20-7-5-6-19(13-20)16(4)23/h5-11,13-15H,12H2,1-4H3,(H,22,24). The van der Waals surface area contributed by atoms with Crippen molar-refractivity contribution in [2.75, 3.05) is 5.32 Å². The van der Waals surface area contributed by atoms with Gasteiger partial charge in [-0.3, -0.25) is 9.59 Å². The van der Waals surface area contributed by atoms with Crippen molar-refractivity contribution in [2.24, 2.45) is 5.92 Å². The SMILES string of the molecule is CC(=O)c1cccc(NC(=O)C(C)c2ccc(CC(C)C)cc2)c1. The van der Waals surface area contributed by atoms with Crippen molar-refractivity contribution < 1.29 is 9.59 Å². The monoisotopic (exact) mass is 323 g/mol. The first kappa shape index (κ1) is 17.9. The summed E-state index contributed by atoms with van der Waals surface area (Å²) in [7, 11) is 0. The number of nitrogens with one attached hydrogen (secondary N) is 1. The molecule has 3 nitrogen and oxygen atoms in total. The second-order valence-corrected chi connectivity index (χ2v) is 6.69. The summed E-state index contributed by atoms with van der Waals surface area (Å²) in [5.74, 6) is 0.274. The average molecular weight is 323 g/mol. The summed E-state index contributed by atoms with van der Waals surface area (Å²) in [5, 5.41) is 2.89. The van der Waals surface area contributed by atoms with Crippen LogP contribution in [0.3, 0.4) is 0 Å². The predicted octanol–water partition coefficient (Wildman–Crippen LogP) is 4.83. The first-order valence-electron chi connectivity index (χ1n) is 8.37. The predicted molar refractivity (Wildman–Crippen MR) is 98.5 cm³/mol. The maximum atomic E-state index is 12.5. The van der Waals surface area contributed by atoms with E-state index in [-0.39, 0.29) is 17.6 Å². The molecule has 2 rings (SSSR count). The second-order valence-electron chi connectivity index (χ2n) is 6.69. The van der Waals surface area contributed by atoms with Gasteiger partial charge < -0.3 is 5.32 Å². The van der Waals surface area contributed by atoms with Crippen LogP contribution in [0.1, 0.15) is 55.1 Å². The van der Waals surface area contributed by atoms with E-state index in [4.69, 9.17) is 0 Å². The highest BCUT2D eigenvalue weighted by atomic mass is 16.2. The smallest absolute Gasteiger partial charge is 0.231 e. The highest BCUT2D eigenvalue weighted by molar-refractivity contribution is 5.98. The van der Waals surface area contributed by atoms with Crippen molar-refractivity contribution >= 4 is 17.4 Å². The van der Waals surface area contributed by atoms with Gasteiger partial charge in [-0.1, -0.05) is 50.2 Å². The van der Waals surface area contributed by atoms with Crippen molar-refractivity contribution in [2.45, 2.75) is 40.0 Å². The molecule has 126 valence electrons. The Bertz CT molecular complexity index is 717. The maximum Gasteiger partial charge on any atom is 0.231 e. The van der Waals surface area contributed by atoms with Gasteiger partial charge in [-0.15, -0.1) is 0 Å². The fourth-order valence-corrected chi connectivity index (χ4v) is 2.63. The van der Waals surface area contributed by atoms with Crippen LogP contribution in [0.25, 0.3) is 0 Å². The van der Waals surface area contributed by atoms with Gasteiger partial charge in [-0.2, -0.15) is 0 Å². The van der Waals surface area contributed by atoms with E-state index in [1.54, 1.807) is 24.3 Å². The van der Waals surface area contributed by atoms with Gasteiger partial charge in [-0.25, -0.2) is 0 Å². The van der Waals surface area contributed by atoms with Crippen molar-refractivity contribution in [1.29, 1.82) is 0 Å². The first-order valence-corrected chi connectivity index (χ1v) is 8.37. The van der Waals surface area contributed by atoms with Crippen LogP contribution in [0, 0.1) is 5.92 Å². The largest absolute Gasteiger partial charge is 0.326 e. The number of carbonyl (C=O) groups is 2. The third kappa shape index (κ3) is 4.79. The maximum absolute atomic E-state index is 12.5. The molecule has 0 aromatic heterocycles. The molecule has 0 bridgehead atoms. The molecule has 0 aliphatic heterocycles. The van der Waals surface area contributed by atoms with Gasteiger partial charge in [0.25, 0.3) is 0 Å². The summed E-state index contributed by atoms with van der Waals surface area (Å²) in [4.78, 5) is 23.9. The lowest BCUT2D eigenvalue weighted by molar-refractivity contribution is -0.117. The molecule has 1 atom stereocenters. The molecule has 2 aromatic rings. The molecular weight excluding hydrogens is 298 g/mol. The van der Waals surface area contributed by atoms with Crippen LogP contribution in [0.5, 0.6) is 0 Å². The van der Waals surface area contributed by atoms with Crippen LogP contribution >= 0.6 is 0 Å². The lowest BCUT2D eigenvalue weighted by Gasteiger charge is -2.14. The molecule has 0 saturated heterocycles. The molecule has 0 heterocycles. The number of Topliss-reactive ketones (excluding diaryl/α,β-unsaturated/α-hetero) is 1. The lowest BCUT2D eigenvalue weighted by atomic mass is 9.96. The van der Waals surface area contributed by atoms with E-state index < -0.39 is 0 Å². The molecule has 1 unspecified atom stereocenters. The van der Waals surface area contributed by atoms with Gasteiger partial charge in [0.05, 0.1) is 5.92 Å². The zero-order valence-electron chi connectivity index (χ0n) is 14.8. The normalized spacial score (nSPS) is 12.0. The molecule has 1 N–H and O–H groups in total. The average Bonchev–Trinajstić information content (AvgIpc) is 2.54. The Morgan fingerprint density at radius 2 is 1.67 bits per heavy atom. The van der Waals surface area contributed by atoms with Crippen molar-refractivity contribution in [3.63, 3.8) is 0 Å². The van der Waals surface area contributed by atoms with Crippen molar-refractivity contribution in [1.82, 2.24) is 0 Å². The van der Waals surface area contributed by atoms with Crippen LogP contribution in [0.2, 0.25) is 0 Å². The Balaban J connectivity index is 2.06. The van der Waals surface area contributed by atoms with E-state index in [2.05, 4.69) is 31.3 Å². The molecule has 2 aromatic carbocycles. The number of ketones is 1. The summed E-state index contributed by atoms with van der Waals surface area (Å²) in [6, 6.07) is 15.3. The van der Waals surface area contributed by atoms with Crippen LogP contribution in [0.4, 0.5) is 5.69 Å². The summed E-state index contributed by atoms with van der Waals surface area (Å²) in [6.07, 6.45) is 1.04. The fraction of sp³-hybridized carbons (Fsp3) is 0.333. The van der Waals surface area contributed by atoms with Gasteiger partial charge in [0.2, 0.25) is 5.91 Å². The number of carbonyl (C=O) groups excluding carboxylic acids is 2. The molecule has 1 amide bonds. The zero-order valence-corrected chi connectivity index (χ0v) is 14.8. The summed E-state index contributed by atoms with van der Waals surface area (Å²) < 4.78 is 0. The second kappa shape index (κ2) is 7.91. The third-order valence-electron chi connectivity index (χ3n) is 4.05. The highest BCUT2D eigenvalue weighted by Gasteiger charge is 2.15. The molecule has 0 aliphatic rings. The van der Waals surface area contributed by atoms with E-state index in [1.807, 2.05) is 19.1 Å². The quantitative estimate of drug-likeness (QED) is 0.774. The molecule has 0 radical (unpaired) electrons. The van der Waals surface area contributed by atoms with Crippen molar-refractivity contribution in [3.05, 3.63) is 65.2 Å². The fourth-order valence-electron chi connectivity index (χ4n) is 2.63. The van der Waals surface area contributed by atoms with E-state index in [0.29, 0.717) is 17.2 Å². The molecule has 0 fully saturated rings.